The fourth-order valence-electron chi connectivity index (χ4n) is 3.68. The van der Waals surface area contributed by atoms with Crippen LogP contribution in [0.4, 0.5) is 5.69 Å². The van der Waals surface area contributed by atoms with Crippen molar-refractivity contribution < 1.29 is 4.79 Å². The molecule has 0 bridgehead atoms. The van der Waals surface area contributed by atoms with E-state index in [4.69, 9.17) is 0 Å². The number of likely N-dealkylation sites (tertiary alicyclic amines) is 1. The van der Waals surface area contributed by atoms with Crippen LogP contribution in [0.5, 0.6) is 0 Å². The zero-order chi connectivity index (χ0) is 20.1. The van der Waals surface area contributed by atoms with E-state index in [-0.39, 0.29) is 24.4 Å². The molecule has 4 rings (SSSR count). The summed E-state index contributed by atoms with van der Waals surface area (Å²) >= 11 is 1.69. The van der Waals surface area contributed by atoms with Crippen LogP contribution in [0.25, 0.3) is 0 Å². The number of thioether (sulfide) groups is 1. The first-order chi connectivity index (χ1) is 14.2. The van der Waals surface area contributed by atoms with E-state index in [1.54, 1.807) is 11.8 Å². The standard InChI is InChI=1S/C22H25N5OS.ClH/c1-26-21(24-25-22(26)29-16-17-9-4-2-5-10-17)19-13-8-14-27(19)15-20(28)23-18-11-6-3-7-12-18;/h2-7,9-12,19H,8,13-16H2,1H3,(H,23,28);1H. The molecule has 1 N–H and O–H groups in total. The van der Waals surface area contributed by atoms with Crippen molar-refractivity contribution >= 4 is 35.8 Å². The Bertz CT molecular complexity index is 951. The number of nitrogens with one attached hydrogen (secondary N) is 1. The molecule has 6 nitrogen and oxygen atoms in total. The summed E-state index contributed by atoms with van der Waals surface area (Å²) in [6, 6.07) is 20.1. The quantitative estimate of drug-likeness (QED) is 0.551. The smallest absolute Gasteiger partial charge is 0.238 e. The summed E-state index contributed by atoms with van der Waals surface area (Å²) in [5, 5.41) is 12.8. The van der Waals surface area contributed by atoms with Gasteiger partial charge in [0.2, 0.25) is 5.91 Å². The first kappa shape index (κ1) is 22.3. The normalized spacial score (nSPS) is 16.2. The Morgan fingerprint density at radius 2 is 1.80 bits per heavy atom. The van der Waals surface area contributed by atoms with E-state index in [9.17, 15) is 4.79 Å². The predicted molar refractivity (Wildman–Crippen MR) is 123 cm³/mol. The average molecular weight is 444 g/mol. The van der Waals surface area contributed by atoms with Crippen LogP contribution in [0.15, 0.2) is 65.8 Å². The monoisotopic (exact) mass is 443 g/mol. The van der Waals surface area contributed by atoms with Crippen molar-refractivity contribution in [3.63, 3.8) is 0 Å². The van der Waals surface area contributed by atoms with Crippen LogP contribution in [-0.4, -0.2) is 38.7 Å². The number of hydrogen-bond acceptors (Lipinski definition) is 5. The van der Waals surface area contributed by atoms with E-state index in [1.165, 1.54) is 5.56 Å². The van der Waals surface area contributed by atoms with Gasteiger partial charge in [0.05, 0.1) is 12.6 Å². The molecule has 1 aliphatic rings. The molecule has 1 fully saturated rings. The lowest BCUT2D eigenvalue weighted by Gasteiger charge is -2.23. The Balaban J connectivity index is 0.00000256. The number of carbonyl (C=O) groups excluding carboxylic acids is 1. The summed E-state index contributed by atoms with van der Waals surface area (Å²) in [6.45, 7) is 1.26. The van der Waals surface area contributed by atoms with Crippen molar-refractivity contribution in [1.82, 2.24) is 19.7 Å². The van der Waals surface area contributed by atoms with Crippen molar-refractivity contribution in [2.24, 2.45) is 7.05 Å². The molecule has 1 saturated heterocycles. The molecule has 0 saturated carbocycles. The number of rotatable bonds is 7. The molecule has 3 aromatic rings. The molecule has 30 heavy (non-hydrogen) atoms. The second-order valence-electron chi connectivity index (χ2n) is 7.22. The number of halogens is 1. The largest absolute Gasteiger partial charge is 0.325 e. The van der Waals surface area contributed by atoms with Crippen LogP contribution in [0, 0.1) is 0 Å². The molecule has 0 aliphatic carbocycles. The predicted octanol–water partition coefficient (Wildman–Crippen LogP) is 4.30. The Hall–Kier alpha value is -2.35. The fourth-order valence-corrected chi connectivity index (χ4v) is 4.55. The van der Waals surface area contributed by atoms with Gasteiger partial charge in [-0.2, -0.15) is 0 Å². The molecular weight excluding hydrogens is 418 g/mol. The van der Waals surface area contributed by atoms with E-state index in [0.29, 0.717) is 6.54 Å². The van der Waals surface area contributed by atoms with Gasteiger partial charge in [0.15, 0.2) is 11.0 Å². The van der Waals surface area contributed by atoms with Crippen molar-refractivity contribution in [3.8, 4) is 0 Å². The van der Waals surface area contributed by atoms with Gasteiger partial charge < -0.3 is 9.88 Å². The third-order valence-electron chi connectivity index (χ3n) is 5.15. The Labute approximate surface area is 187 Å². The molecule has 1 aromatic heterocycles. The first-order valence-electron chi connectivity index (χ1n) is 9.85. The lowest BCUT2D eigenvalue weighted by molar-refractivity contribution is -0.117. The van der Waals surface area contributed by atoms with Gasteiger partial charge in [-0.15, -0.1) is 22.6 Å². The van der Waals surface area contributed by atoms with Crippen LogP contribution in [0.2, 0.25) is 0 Å². The molecule has 1 amide bonds. The number of amides is 1. The molecule has 1 aliphatic heterocycles. The number of carbonyl (C=O) groups is 1. The Morgan fingerprint density at radius 1 is 1.10 bits per heavy atom. The number of para-hydroxylation sites is 1. The molecule has 158 valence electrons. The summed E-state index contributed by atoms with van der Waals surface area (Å²) < 4.78 is 2.08. The van der Waals surface area contributed by atoms with E-state index in [2.05, 4.69) is 49.2 Å². The number of hydrogen-bond donors (Lipinski definition) is 1. The molecule has 8 heteroatoms. The van der Waals surface area contributed by atoms with Gasteiger partial charge in [-0.25, -0.2) is 0 Å². The van der Waals surface area contributed by atoms with Gasteiger partial charge in [-0.1, -0.05) is 60.3 Å². The van der Waals surface area contributed by atoms with E-state index >= 15 is 0 Å². The number of anilines is 1. The van der Waals surface area contributed by atoms with Gasteiger partial charge in [-0.05, 0) is 37.1 Å². The van der Waals surface area contributed by atoms with Crippen molar-refractivity contribution in [2.75, 3.05) is 18.4 Å². The lowest BCUT2D eigenvalue weighted by atomic mass is 10.2. The van der Waals surface area contributed by atoms with E-state index < -0.39 is 0 Å². The Kier molecular flexibility index (Phi) is 7.90. The first-order valence-corrected chi connectivity index (χ1v) is 10.8. The molecule has 0 radical (unpaired) electrons. The number of nitrogens with zero attached hydrogens (tertiary/aromatic N) is 4. The molecular formula is C22H26ClN5OS. The van der Waals surface area contributed by atoms with Crippen LogP contribution in [0.1, 0.15) is 30.3 Å². The van der Waals surface area contributed by atoms with Crippen LogP contribution >= 0.6 is 24.2 Å². The average Bonchev–Trinajstić information content (AvgIpc) is 3.34. The molecule has 2 aromatic carbocycles. The summed E-state index contributed by atoms with van der Waals surface area (Å²) in [4.78, 5) is 14.7. The minimum absolute atomic E-state index is 0. The molecule has 1 atom stereocenters. The summed E-state index contributed by atoms with van der Waals surface area (Å²) in [6.07, 6.45) is 2.05. The van der Waals surface area contributed by atoms with Crippen molar-refractivity contribution in [3.05, 3.63) is 72.1 Å². The van der Waals surface area contributed by atoms with E-state index in [1.807, 2.05) is 43.4 Å². The topological polar surface area (TPSA) is 63.1 Å². The van der Waals surface area contributed by atoms with Gasteiger partial charge in [0.25, 0.3) is 0 Å². The maximum atomic E-state index is 12.5. The highest BCUT2D eigenvalue weighted by atomic mass is 35.5. The second-order valence-corrected chi connectivity index (χ2v) is 8.16. The number of benzene rings is 2. The summed E-state index contributed by atoms with van der Waals surface area (Å²) in [5.74, 6) is 1.80. The highest BCUT2D eigenvalue weighted by Crippen LogP contribution is 2.32. The van der Waals surface area contributed by atoms with Crippen LogP contribution < -0.4 is 5.32 Å². The minimum atomic E-state index is 0. The van der Waals surface area contributed by atoms with Gasteiger partial charge in [0.1, 0.15) is 0 Å². The van der Waals surface area contributed by atoms with E-state index in [0.717, 1.165) is 41.8 Å². The van der Waals surface area contributed by atoms with Crippen LogP contribution in [0.3, 0.4) is 0 Å². The van der Waals surface area contributed by atoms with Gasteiger partial charge in [0, 0.05) is 18.5 Å². The zero-order valence-corrected chi connectivity index (χ0v) is 18.5. The fraction of sp³-hybridized carbons (Fsp3) is 0.318. The summed E-state index contributed by atoms with van der Waals surface area (Å²) in [5.41, 5.74) is 2.09. The Morgan fingerprint density at radius 3 is 2.53 bits per heavy atom. The highest BCUT2D eigenvalue weighted by Gasteiger charge is 2.31. The molecule has 2 heterocycles. The zero-order valence-electron chi connectivity index (χ0n) is 16.9. The maximum absolute atomic E-state index is 12.5. The third-order valence-corrected chi connectivity index (χ3v) is 6.24. The van der Waals surface area contributed by atoms with Crippen LogP contribution in [-0.2, 0) is 17.6 Å². The van der Waals surface area contributed by atoms with Crippen molar-refractivity contribution in [1.29, 1.82) is 0 Å². The second kappa shape index (κ2) is 10.6. The maximum Gasteiger partial charge on any atom is 0.238 e. The summed E-state index contributed by atoms with van der Waals surface area (Å²) in [7, 11) is 2.02. The highest BCUT2D eigenvalue weighted by molar-refractivity contribution is 7.98. The minimum Gasteiger partial charge on any atom is -0.325 e. The SMILES string of the molecule is Cl.Cn1c(SCc2ccccc2)nnc1C1CCCN1CC(=O)Nc1ccccc1. The molecule has 0 spiro atoms. The van der Waals surface area contributed by atoms with Gasteiger partial charge in [-0.3, -0.25) is 9.69 Å². The van der Waals surface area contributed by atoms with Crippen molar-refractivity contribution in [2.45, 2.75) is 29.8 Å². The van der Waals surface area contributed by atoms with Gasteiger partial charge >= 0.3 is 0 Å². The lowest BCUT2D eigenvalue weighted by Crippen LogP contribution is -2.33. The molecule has 1 unspecified atom stereocenters. The number of aromatic nitrogens is 3. The third kappa shape index (κ3) is 5.41.